The molecule has 4 heterocycles. The first-order chi connectivity index (χ1) is 14.6. The smallest absolute Gasteiger partial charge is 0.386 e. The third-order valence-corrected chi connectivity index (χ3v) is 5.70. The Hall–Kier alpha value is -2.72. The number of hydrogen-bond donors (Lipinski definition) is 3. The number of aliphatic hydroxyl groups is 1. The average molecular weight is 438 g/mol. The standard InChI is InChI=1S/C21H25F3N6O.2H2/c1-12(2)10-20(31)11-30(9-7-15(20)25)16-6-5-14(21(22,23)24)18(27-16)17-13-4-3-8-26-19(13)29-28-17;;/h3-6,8,12,15,31H,7,9-11,25H2,1-2H3,(H,26,28,29);2*1H/t15-,20-;;/m1../s1. The lowest BCUT2D eigenvalue weighted by Gasteiger charge is -2.45. The van der Waals surface area contributed by atoms with E-state index in [-0.39, 0.29) is 26.7 Å². The zero-order valence-electron chi connectivity index (χ0n) is 17.3. The highest BCUT2D eigenvalue weighted by Gasteiger charge is 2.41. The second-order valence-corrected chi connectivity index (χ2v) is 8.55. The van der Waals surface area contributed by atoms with E-state index in [1.807, 2.05) is 13.8 Å². The molecule has 3 aromatic rings. The molecule has 1 fully saturated rings. The van der Waals surface area contributed by atoms with Crippen molar-refractivity contribution in [1.82, 2.24) is 20.2 Å². The number of H-pyrrole nitrogens is 1. The van der Waals surface area contributed by atoms with Gasteiger partial charge in [0, 0.05) is 33.6 Å². The van der Waals surface area contributed by atoms with Gasteiger partial charge in [0.05, 0.1) is 16.9 Å². The molecule has 1 aliphatic rings. The van der Waals surface area contributed by atoms with Gasteiger partial charge in [-0.05, 0) is 43.0 Å². The van der Waals surface area contributed by atoms with E-state index < -0.39 is 23.4 Å². The van der Waals surface area contributed by atoms with Crippen LogP contribution >= 0.6 is 0 Å². The minimum atomic E-state index is -4.59. The number of fused-ring (bicyclic) bond motifs is 1. The van der Waals surface area contributed by atoms with Crippen LogP contribution in [0, 0.1) is 5.92 Å². The Balaban J connectivity index is 0.00000193. The van der Waals surface area contributed by atoms with Gasteiger partial charge in [0.25, 0.3) is 0 Å². The summed E-state index contributed by atoms with van der Waals surface area (Å²) in [4.78, 5) is 10.3. The molecule has 0 radical (unpaired) electrons. The first-order valence-corrected chi connectivity index (χ1v) is 10.2. The van der Waals surface area contributed by atoms with E-state index in [1.165, 1.54) is 12.3 Å². The van der Waals surface area contributed by atoms with Gasteiger partial charge in [-0.15, -0.1) is 0 Å². The van der Waals surface area contributed by atoms with Crippen LogP contribution in [0.25, 0.3) is 22.4 Å². The van der Waals surface area contributed by atoms with Crippen LogP contribution in [0.15, 0.2) is 30.5 Å². The zero-order valence-corrected chi connectivity index (χ0v) is 17.3. The quantitative estimate of drug-likeness (QED) is 0.572. The lowest BCUT2D eigenvalue weighted by Crippen LogP contribution is -2.61. The van der Waals surface area contributed by atoms with Crippen LogP contribution in [0.1, 0.15) is 35.1 Å². The van der Waals surface area contributed by atoms with Gasteiger partial charge in [0.15, 0.2) is 5.65 Å². The highest BCUT2D eigenvalue weighted by atomic mass is 19.4. The van der Waals surface area contributed by atoms with Crippen LogP contribution in [0.5, 0.6) is 0 Å². The SMILES string of the molecule is CC(C)C[C@@]1(O)CN(c2ccc(C(F)(F)F)c(-c3[nH]nc4ncccc34)n2)CC[C@H]1N.[HH].[HH]. The molecule has 0 aromatic carbocycles. The fraction of sp³-hybridized carbons (Fsp3) is 0.476. The maximum atomic E-state index is 13.8. The van der Waals surface area contributed by atoms with Gasteiger partial charge in [-0.2, -0.15) is 18.3 Å². The van der Waals surface area contributed by atoms with Crippen molar-refractivity contribution in [2.24, 2.45) is 11.7 Å². The fourth-order valence-electron chi connectivity index (χ4n) is 4.28. The normalized spacial score (nSPS) is 22.5. The number of nitrogens with two attached hydrogens (primary N) is 1. The van der Waals surface area contributed by atoms with Gasteiger partial charge < -0.3 is 15.7 Å². The van der Waals surface area contributed by atoms with Crippen molar-refractivity contribution >= 4 is 16.9 Å². The van der Waals surface area contributed by atoms with Crippen molar-refractivity contribution < 1.29 is 21.1 Å². The molecule has 2 atom stereocenters. The number of aromatic nitrogens is 4. The number of β-amino-alcohol motifs (C(OH)–C–C–N with tert-alkyl or cyclic N) is 1. The van der Waals surface area contributed by atoms with Gasteiger partial charge in [0.1, 0.15) is 11.5 Å². The highest BCUT2D eigenvalue weighted by Crippen LogP contribution is 2.39. The van der Waals surface area contributed by atoms with E-state index in [0.717, 1.165) is 6.07 Å². The molecule has 4 rings (SSSR count). The summed E-state index contributed by atoms with van der Waals surface area (Å²) in [6, 6.07) is 5.25. The topological polar surface area (TPSA) is 104 Å². The lowest BCUT2D eigenvalue weighted by atomic mass is 9.81. The molecule has 170 valence electrons. The molecule has 0 aliphatic carbocycles. The maximum Gasteiger partial charge on any atom is 0.418 e. The summed E-state index contributed by atoms with van der Waals surface area (Å²) < 4.78 is 41.3. The molecule has 0 unspecified atom stereocenters. The number of pyridine rings is 2. The summed E-state index contributed by atoms with van der Waals surface area (Å²) in [6.45, 7) is 4.69. The molecule has 0 amide bonds. The number of hydrogen-bond acceptors (Lipinski definition) is 6. The van der Waals surface area contributed by atoms with E-state index in [0.29, 0.717) is 36.2 Å². The molecule has 1 saturated heterocycles. The summed E-state index contributed by atoms with van der Waals surface area (Å²) in [5.74, 6) is 0.569. The number of anilines is 1. The largest absolute Gasteiger partial charge is 0.418 e. The molecule has 3 aromatic heterocycles. The third-order valence-electron chi connectivity index (χ3n) is 5.70. The van der Waals surface area contributed by atoms with Crippen LogP contribution in [0.2, 0.25) is 0 Å². The van der Waals surface area contributed by atoms with Crippen molar-refractivity contribution in [3.63, 3.8) is 0 Å². The Morgan fingerprint density at radius 2 is 2.13 bits per heavy atom. The molecule has 10 heteroatoms. The Morgan fingerprint density at radius 1 is 1.35 bits per heavy atom. The third kappa shape index (κ3) is 4.09. The Labute approximate surface area is 180 Å². The molecule has 0 spiro atoms. The first kappa shape index (κ1) is 21.5. The van der Waals surface area contributed by atoms with Crippen molar-refractivity contribution in [2.45, 2.75) is 44.5 Å². The molecule has 4 N–H and O–H groups in total. The fourth-order valence-corrected chi connectivity index (χ4v) is 4.28. The van der Waals surface area contributed by atoms with Gasteiger partial charge >= 0.3 is 6.18 Å². The minimum absolute atomic E-state index is 0. The summed E-state index contributed by atoms with van der Waals surface area (Å²) in [5, 5.41) is 18.2. The summed E-state index contributed by atoms with van der Waals surface area (Å²) in [6.07, 6.45) is -2.07. The van der Waals surface area contributed by atoms with E-state index in [4.69, 9.17) is 5.73 Å². The van der Waals surface area contributed by atoms with Crippen LogP contribution < -0.4 is 10.6 Å². The predicted molar refractivity (Wildman–Crippen MR) is 116 cm³/mol. The van der Waals surface area contributed by atoms with Crippen LogP contribution in [-0.4, -0.2) is 50.0 Å². The summed E-state index contributed by atoms with van der Waals surface area (Å²) in [5.41, 5.74) is 4.41. The van der Waals surface area contributed by atoms with Crippen molar-refractivity contribution in [3.05, 3.63) is 36.0 Å². The van der Waals surface area contributed by atoms with E-state index in [2.05, 4.69) is 20.2 Å². The molecule has 1 aliphatic heterocycles. The van der Waals surface area contributed by atoms with Crippen LogP contribution in [-0.2, 0) is 6.18 Å². The Morgan fingerprint density at radius 3 is 2.84 bits per heavy atom. The molecular formula is C21H29F3N6O. The van der Waals surface area contributed by atoms with Crippen LogP contribution in [0.4, 0.5) is 19.0 Å². The van der Waals surface area contributed by atoms with Gasteiger partial charge in [-0.1, -0.05) is 13.8 Å². The first-order valence-electron chi connectivity index (χ1n) is 10.2. The van der Waals surface area contributed by atoms with E-state index in [1.54, 1.807) is 17.0 Å². The molecule has 31 heavy (non-hydrogen) atoms. The molecular weight excluding hydrogens is 409 g/mol. The Bertz CT molecular complexity index is 1090. The highest BCUT2D eigenvalue weighted by molar-refractivity contribution is 5.90. The van der Waals surface area contributed by atoms with Crippen molar-refractivity contribution in [3.8, 4) is 11.4 Å². The second-order valence-electron chi connectivity index (χ2n) is 8.55. The van der Waals surface area contributed by atoms with Crippen LogP contribution in [0.3, 0.4) is 0 Å². The molecule has 0 bridgehead atoms. The number of nitrogens with one attached hydrogen (secondary N) is 1. The molecule has 7 nitrogen and oxygen atoms in total. The predicted octanol–water partition coefficient (Wildman–Crippen LogP) is 3.85. The van der Waals surface area contributed by atoms with Gasteiger partial charge in [-0.3, -0.25) is 5.10 Å². The van der Waals surface area contributed by atoms with E-state index in [9.17, 15) is 18.3 Å². The minimum Gasteiger partial charge on any atom is -0.386 e. The number of nitrogens with zero attached hydrogens (tertiary/aromatic N) is 4. The second kappa shape index (κ2) is 7.76. The van der Waals surface area contributed by atoms with Gasteiger partial charge in [0.2, 0.25) is 0 Å². The van der Waals surface area contributed by atoms with Gasteiger partial charge in [-0.25, -0.2) is 9.97 Å². The molecule has 0 saturated carbocycles. The number of alkyl halides is 3. The van der Waals surface area contributed by atoms with Crippen molar-refractivity contribution in [1.29, 1.82) is 0 Å². The van der Waals surface area contributed by atoms with Crippen molar-refractivity contribution in [2.75, 3.05) is 18.0 Å². The Kier molecular flexibility index (Phi) is 5.38. The summed E-state index contributed by atoms with van der Waals surface area (Å²) in [7, 11) is 0. The number of rotatable bonds is 4. The lowest BCUT2D eigenvalue weighted by molar-refractivity contribution is -0.137. The maximum absolute atomic E-state index is 13.8. The number of piperidine rings is 1. The van der Waals surface area contributed by atoms with E-state index >= 15 is 0 Å². The number of halogens is 3. The average Bonchev–Trinajstić information content (AvgIpc) is 3.12. The number of aromatic amines is 1. The zero-order chi connectivity index (χ0) is 22.4. The monoisotopic (exact) mass is 438 g/mol. The summed E-state index contributed by atoms with van der Waals surface area (Å²) >= 11 is 0.